The minimum atomic E-state index is -1.08. The topological polar surface area (TPSA) is 108 Å². The Hall–Kier alpha value is 0.304. The van der Waals surface area contributed by atoms with Crippen molar-refractivity contribution < 1.29 is 57.6 Å². The fourth-order valence-corrected chi connectivity index (χ4v) is 5.08. The van der Waals surface area contributed by atoms with Crippen molar-refractivity contribution >= 4 is 0 Å². The monoisotopic (exact) mass is 805 g/mol. The Morgan fingerprint density at radius 3 is 1.06 bits per heavy atom. The Kier molecular flexibility index (Phi) is 77.4. The summed E-state index contributed by atoms with van der Waals surface area (Å²) in [7, 11) is 1.43. The zero-order valence-electron chi connectivity index (χ0n) is 35.2. The summed E-state index contributed by atoms with van der Waals surface area (Å²) >= 11 is 0. The van der Waals surface area contributed by atoms with Gasteiger partial charge >= 0.3 is 0 Å². The van der Waals surface area contributed by atoms with Gasteiger partial charge in [0.1, 0.15) is 6.61 Å². The molecule has 0 rings (SSSR count). The van der Waals surface area contributed by atoms with E-state index in [0.717, 1.165) is 6.42 Å². The second-order valence-electron chi connectivity index (χ2n) is 13.4. The quantitative estimate of drug-likeness (QED) is 0.0191. The number of ether oxygens (including phenoxy) is 1. The van der Waals surface area contributed by atoms with Crippen LogP contribution in [0, 0.1) is 0 Å². The maximum absolute atomic E-state index is 9.28. The van der Waals surface area contributed by atoms with Crippen molar-refractivity contribution in [3.63, 3.8) is 0 Å². The number of nitrogens with two attached hydrogens (primary N) is 1. The fourth-order valence-electron chi connectivity index (χ4n) is 5.08. The zero-order chi connectivity index (χ0) is 37.9. The molecule has 0 aliphatic heterocycles. The smallest absolute Gasteiger partial charge is 0.210 e. The Balaban J connectivity index is -0.000000245. The molecular formula is C43H91N2O5Y-. The van der Waals surface area contributed by atoms with Crippen LogP contribution in [0.4, 0.5) is 0 Å². The summed E-state index contributed by atoms with van der Waals surface area (Å²) in [4.78, 5) is 8.76. The number of rotatable bonds is 36. The number of nitrogens with zero attached hydrogens (tertiary/aromatic N) is 1. The molecule has 307 valence electrons. The fraction of sp³-hybridized carbons (Fsp3) is 0.907. The molecule has 0 aliphatic rings. The van der Waals surface area contributed by atoms with E-state index < -0.39 is 6.29 Å². The molecule has 7 nitrogen and oxygen atoms in total. The number of unbranched alkanes of at least 4 members (excludes halogenated alkanes) is 25. The SMILES string of the molecule is CCCC.CCCCCCCC/C=C\CCCCCCCC.CCCCCCCC/C=C\CCCCCCCCOCC(O)OO[N-]C.NO.[Y]. The molecule has 0 aliphatic carbocycles. The van der Waals surface area contributed by atoms with Crippen LogP contribution in [0.2, 0.25) is 0 Å². The largest absolute Gasteiger partial charge is 0.503 e. The summed E-state index contributed by atoms with van der Waals surface area (Å²) in [6, 6.07) is 0. The first-order chi connectivity index (χ1) is 24.6. The summed E-state index contributed by atoms with van der Waals surface area (Å²) in [5, 5.41) is 15.8. The van der Waals surface area contributed by atoms with E-state index in [1.54, 1.807) is 0 Å². The van der Waals surface area contributed by atoms with Gasteiger partial charge in [0.15, 0.2) is 0 Å². The van der Waals surface area contributed by atoms with E-state index in [1.807, 2.05) is 0 Å². The van der Waals surface area contributed by atoms with Gasteiger partial charge in [-0.15, -0.1) is 7.05 Å². The van der Waals surface area contributed by atoms with Crippen LogP contribution < -0.4 is 5.90 Å². The van der Waals surface area contributed by atoms with Crippen LogP contribution in [0.1, 0.15) is 227 Å². The van der Waals surface area contributed by atoms with Crippen LogP contribution in [0.25, 0.3) is 5.48 Å². The van der Waals surface area contributed by atoms with E-state index in [1.165, 1.54) is 193 Å². The number of aliphatic hydroxyl groups is 1. The van der Waals surface area contributed by atoms with E-state index in [-0.39, 0.29) is 39.3 Å². The summed E-state index contributed by atoms with van der Waals surface area (Å²) < 4.78 is 5.31. The van der Waals surface area contributed by atoms with Crippen molar-refractivity contribution in [1.29, 1.82) is 0 Å². The number of allylic oxidation sites excluding steroid dienone is 4. The molecule has 8 heteroatoms. The van der Waals surface area contributed by atoms with E-state index in [2.05, 4.69) is 80.2 Å². The molecule has 0 heterocycles. The molecule has 0 bridgehead atoms. The van der Waals surface area contributed by atoms with Gasteiger partial charge in [0.25, 0.3) is 0 Å². The van der Waals surface area contributed by atoms with Gasteiger partial charge < -0.3 is 25.5 Å². The zero-order valence-corrected chi connectivity index (χ0v) is 38.1. The van der Waals surface area contributed by atoms with Gasteiger partial charge in [-0.25, -0.2) is 10.8 Å². The predicted octanol–water partition coefficient (Wildman–Crippen LogP) is 14.4. The average molecular weight is 805 g/mol. The molecule has 1 radical (unpaired) electrons. The Morgan fingerprint density at radius 1 is 0.471 bits per heavy atom. The van der Waals surface area contributed by atoms with Gasteiger partial charge in [-0.2, -0.15) is 0 Å². The molecule has 0 aromatic carbocycles. The van der Waals surface area contributed by atoms with E-state index in [9.17, 15) is 5.11 Å². The Labute approximate surface area is 345 Å². The van der Waals surface area contributed by atoms with Crippen molar-refractivity contribution in [2.45, 2.75) is 234 Å². The molecule has 0 saturated carbocycles. The minimum Gasteiger partial charge on any atom is -0.503 e. The molecule has 0 spiro atoms. The first-order valence-electron chi connectivity index (χ1n) is 21.4. The first-order valence-corrected chi connectivity index (χ1v) is 21.4. The van der Waals surface area contributed by atoms with Crippen molar-refractivity contribution in [1.82, 2.24) is 0 Å². The van der Waals surface area contributed by atoms with Crippen LogP contribution in [-0.2, 0) is 47.3 Å². The third-order valence-electron chi connectivity index (χ3n) is 8.40. The molecule has 1 unspecified atom stereocenters. The molecular weight excluding hydrogens is 713 g/mol. The average Bonchev–Trinajstić information content (AvgIpc) is 3.14. The third kappa shape index (κ3) is 72.3. The first kappa shape index (κ1) is 60.6. The van der Waals surface area contributed by atoms with Crippen molar-refractivity contribution in [3.8, 4) is 0 Å². The Bertz CT molecular complexity index is 565. The van der Waals surface area contributed by atoms with Crippen molar-refractivity contribution in [3.05, 3.63) is 29.8 Å². The van der Waals surface area contributed by atoms with Crippen molar-refractivity contribution in [2.24, 2.45) is 5.90 Å². The van der Waals surface area contributed by atoms with Crippen LogP contribution in [0.15, 0.2) is 24.3 Å². The summed E-state index contributed by atoms with van der Waals surface area (Å²) in [6.45, 7) is 11.9. The van der Waals surface area contributed by atoms with Gasteiger partial charge in [0.05, 0.1) is 0 Å². The van der Waals surface area contributed by atoms with Gasteiger partial charge in [0, 0.05) is 39.3 Å². The summed E-state index contributed by atoms with van der Waals surface area (Å²) in [5.74, 6) is 3.50. The third-order valence-corrected chi connectivity index (χ3v) is 8.40. The maximum atomic E-state index is 9.28. The number of hydrogen-bond donors (Lipinski definition) is 3. The molecule has 51 heavy (non-hydrogen) atoms. The maximum Gasteiger partial charge on any atom is 0.210 e. The number of hydroxylamine groups is 1. The van der Waals surface area contributed by atoms with E-state index >= 15 is 0 Å². The minimum absolute atomic E-state index is 0. The van der Waals surface area contributed by atoms with E-state index in [0.29, 0.717) is 6.61 Å². The summed E-state index contributed by atoms with van der Waals surface area (Å²) in [5.41, 5.74) is 3.26. The Morgan fingerprint density at radius 2 is 0.765 bits per heavy atom. The number of hydrogen-bond acceptors (Lipinski definition) is 6. The molecule has 1 atom stereocenters. The van der Waals surface area contributed by atoms with E-state index in [4.69, 9.17) is 9.94 Å². The van der Waals surface area contributed by atoms with Gasteiger partial charge in [0.2, 0.25) is 6.29 Å². The normalized spacial score (nSPS) is 11.3. The van der Waals surface area contributed by atoms with Gasteiger partial charge in [-0.05, 0) is 57.8 Å². The standard InChI is InChI=1S/C21H42NO4.C18H36.C4H10.H3NO.Y/c1-3-4-5-6-7-8-9-10-11-12-13-14-15-16-17-18-19-24-20-21(23)25-26-22-2;1-3-5-7-9-11-13-15-17-18-16-14-12-10-8-6-4-2;1-3-4-2;1-2;/h10-11,21,23H,3-9,12-20H2,1-2H3;17-18H,3-16H2,1-2H3;3-4H2,1-2H3;2H,1H2;/q-1;;;;/b11-10-;18-17-;;;. The molecule has 0 amide bonds. The summed E-state index contributed by atoms with van der Waals surface area (Å²) in [6.07, 6.45) is 48.9. The molecule has 0 saturated heterocycles. The predicted molar refractivity (Wildman–Crippen MR) is 219 cm³/mol. The second-order valence-corrected chi connectivity index (χ2v) is 13.4. The number of aliphatic hydroxyl groups excluding tert-OH is 1. The van der Waals surface area contributed by atoms with Crippen LogP contribution in [-0.4, -0.2) is 36.9 Å². The van der Waals surface area contributed by atoms with Gasteiger partial charge in [-0.1, -0.05) is 194 Å². The van der Waals surface area contributed by atoms with Crippen LogP contribution in [0.5, 0.6) is 0 Å². The van der Waals surface area contributed by atoms with Crippen molar-refractivity contribution in [2.75, 3.05) is 20.3 Å². The van der Waals surface area contributed by atoms with Crippen LogP contribution >= 0.6 is 0 Å². The molecule has 0 fully saturated rings. The molecule has 0 aromatic rings. The van der Waals surface area contributed by atoms with Gasteiger partial charge in [-0.3, -0.25) is 0 Å². The molecule has 4 N–H and O–H groups in total. The van der Waals surface area contributed by atoms with Crippen LogP contribution in [0.3, 0.4) is 0 Å². The molecule has 0 aromatic heterocycles. The second kappa shape index (κ2) is 65.2.